The zero-order chi connectivity index (χ0) is 49.6. The normalized spacial score (nSPS) is 12.0. The molecule has 314 valence electrons. The van der Waals surface area contributed by atoms with Crippen molar-refractivity contribution in [3.05, 3.63) is 279 Å². The molecule has 0 N–H and O–H groups in total. The zero-order valence-electron chi connectivity index (χ0n) is 42.1. The van der Waals surface area contributed by atoms with E-state index in [4.69, 9.17) is 8.22 Å². The molecule has 0 aromatic heterocycles. The van der Waals surface area contributed by atoms with E-state index < -0.39 is 13.1 Å². The maximum absolute atomic E-state index is 8.20. The zero-order valence-corrected chi connectivity index (χ0v) is 36.1. The summed E-state index contributed by atoms with van der Waals surface area (Å²) in [6.45, 7) is -1.03. The molecule has 0 aliphatic rings. The van der Waals surface area contributed by atoms with Gasteiger partial charge in [-0.25, -0.2) is 0 Å². The van der Waals surface area contributed by atoms with E-state index in [2.05, 4.69) is 204 Å². The Bertz CT molecular complexity index is 3280. The third-order valence-electron chi connectivity index (χ3n) is 12.0. The van der Waals surface area contributed by atoms with E-state index in [0.29, 0.717) is 11.1 Å². The molecule has 0 bridgehead atoms. The minimum absolute atomic E-state index is 0.110. The van der Waals surface area contributed by atoms with E-state index >= 15 is 0 Å². The summed E-state index contributed by atoms with van der Waals surface area (Å²) in [5.41, 5.74) is 17.5. The van der Waals surface area contributed by atoms with Gasteiger partial charge >= 0.3 is 0 Å². The van der Waals surface area contributed by atoms with Crippen molar-refractivity contribution >= 4 is 46.2 Å². The van der Waals surface area contributed by atoms with E-state index in [9.17, 15) is 0 Å². The Balaban J connectivity index is 0.962. The van der Waals surface area contributed by atoms with Crippen molar-refractivity contribution in [3.63, 3.8) is 0 Å². The molecular formula is C64H48N2. The SMILES string of the molecule is [2H]C([2H])=C([2H])c1cccc(-c2ccc(N(c3ccc(-c4ccccc4)cc3)c3ccc(-c4ccc(N(c5ccc(-c6ccccc6)cc5)c5ccc(-c6cccc(C([2H])=C([2H])[2H])c6)cc5)cc4)cc3)cc2)c1. The van der Waals surface area contributed by atoms with Crippen LogP contribution in [0.3, 0.4) is 0 Å². The molecule has 0 aliphatic carbocycles. The fourth-order valence-corrected chi connectivity index (χ4v) is 8.53. The lowest BCUT2D eigenvalue weighted by molar-refractivity contribution is 1.28. The van der Waals surface area contributed by atoms with Crippen molar-refractivity contribution in [2.45, 2.75) is 0 Å². The monoisotopic (exact) mass is 850 g/mol. The van der Waals surface area contributed by atoms with Crippen LogP contribution in [-0.4, -0.2) is 0 Å². The van der Waals surface area contributed by atoms with Crippen LogP contribution in [0.15, 0.2) is 268 Å². The molecule has 0 amide bonds. The van der Waals surface area contributed by atoms with Gasteiger partial charge in [0, 0.05) is 34.1 Å². The Morgan fingerprint density at radius 2 is 0.485 bits per heavy atom. The second-order valence-corrected chi connectivity index (χ2v) is 16.1. The van der Waals surface area contributed by atoms with E-state index in [0.717, 1.165) is 89.8 Å². The van der Waals surface area contributed by atoms with Gasteiger partial charge in [-0.1, -0.05) is 195 Å². The molecule has 0 fully saturated rings. The smallest absolute Gasteiger partial charge is 0.0623 e. The summed E-state index contributed by atoms with van der Waals surface area (Å²) < 4.78 is 47.0. The standard InChI is InChI=1S/C64H48N2/c1-3-47-13-11-19-57(45-47)55-29-41-63(42-30-55)65(59-33-21-51(22-34-59)49-15-7-5-8-16-49)61-37-25-53(26-38-61)54-27-39-62(40-28-54)66(60-35-23-52(24-36-60)50-17-9-6-10-18-50)64-43-31-56(32-44-64)58-20-12-14-48(4-2)46-58/h3-46H,1-2H2/i1D2,2D2,3D,4D. The first-order valence-electron chi connectivity index (χ1n) is 25.0. The number of hydrogen-bond donors (Lipinski definition) is 0. The van der Waals surface area contributed by atoms with Crippen LogP contribution in [0.25, 0.3) is 67.7 Å². The van der Waals surface area contributed by atoms with Crippen molar-refractivity contribution in [2.75, 3.05) is 9.80 Å². The highest BCUT2D eigenvalue weighted by Gasteiger charge is 2.16. The topological polar surface area (TPSA) is 6.48 Å². The number of anilines is 6. The van der Waals surface area contributed by atoms with Crippen LogP contribution in [0.5, 0.6) is 0 Å². The van der Waals surface area contributed by atoms with Crippen molar-refractivity contribution in [1.82, 2.24) is 0 Å². The van der Waals surface area contributed by atoms with Crippen LogP contribution in [-0.2, 0) is 0 Å². The number of rotatable bonds is 13. The highest BCUT2D eigenvalue weighted by Crippen LogP contribution is 2.40. The summed E-state index contributed by atoms with van der Waals surface area (Å²) in [5.74, 6) is 0. The molecule has 10 rings (SSSR count). The Kier molecular flexibility index (Phi) is 9.97. The molecule has 66 heavy (non-hydrogen) atoms. The fraction of sp³-hybridized carbons (Fsp3) is 0. The highest BCUT2D eigenvalue weighted by molar-refractivity contribution is 5.84. The third kappa shape index (κ3) is 8.90. The molecule has 0 radical (unpaired) electrons. The average molecular weight is 851 g/mol. The van der Waals surface area contributed by atoms with Gasteiger partial charge in [0.15, 0.2) is 0 Å². The summed E-state index contributed by atoms with van der Waals surface area (Å²) in [6, 6.07) is 86.7. The molecule has 2 heteroatoms. The summed E-state index contributed by atoms with van der Waals surface area (Å²) >= 11 is 0. The highest BCUT2D eigenvalue weighted by atomic mass is 15.1. The summed E-state index contributed by atoms with van der Waals surface area (Å²) in [4.78, 5) is 4.49. The van der Waals surface area contributed by atoms with Crippen LogP contribution in [0.2, 0.25) is 0 Å². The molecule has 0 atom stereocenters. The molecule has 0 spiro atoms. The van der Waals surface area contributed by atoms with Crippen LogP contribution in [0, 0.1) is 0 Å². The van der Waals surface area contributed by atoms with Crippen molar-refractivity contribution < 1.29 is 8.22 Å². The maximum atomic E-state index is 8.20. The van der Waals surface area contributed by atoms with Gasteiger partial charge in [0.25, 0.3) is 0 Å². The van der Waals surface area contributed by atoms with Crippen molar-refractivity contribution in [1.29, 1.82) is 0 Å². The lowest BCUT2D eigenvalue weighted by atomic mass is 10.0. The number of hydrogen-bond acceptors (Lipinski definition) is 2. The molecular weight excluding hydrogens is 797 g/mol. The fourth-order valence-electron chi connectivity index (χ4n) is 8.53. The van der Waals surface area contributed by atoms with Crippen LogP contribution in [0.1, 0.15) is 19.4 Å². The van der Waals surface area contributed by atoms with Gasteiger partial charge < -0.3 is 9.80 Å². The first-order valence-corrected chi connectivity index (χ1v) is 22.0. The molecule has 0 heterocycles. The van der Waals surface area contributed by atoms with Crippen LogP contribution >= 0.6 is 0 Å². The molecule has 0 unspecified atom stereocenters. The predicted molar refractivity (Wildman–Crippen MR) is 283 cm³/mol. The van der Waals surface area contributed by atoms with E-state index in [1.54, 1.807) is 12.1 Å². The third-order valence-corrected chi connectivity index (χ3v) is 12.0. The number of nitrogens with zero attached hydrogens (tertiary/aromatic N) is 2. The second-order valence-electron chi connectivity index (χ2n) is 16.1. The van der Waals surface area contributed by atoms with E-state index in [-0.39, 0.29) is 12.1 Å². The quantitative estimate of drug-likeness (QED) is 0.114. The van der Waals surface area contributed by atoms with E-state index in [1.165, 1.54) is 0 Å². The first-order chi connectivity index (χ1) is 35.2. The van der Waals surface area contributed by atoms with Gasteiger partial charge in [0.05, 0.1) is 8.22 Å². The van der Waals surface area contributed by atoms with Gasteiger partial charge in [-0.3, -0.25) is 0 Å². The summed E-state index contributed by atoms with van der Waals surface area (Å²) in [5, 5.41) is 0. The summed E-state index contributed by atoms with van der Waals surface area (Å²) in [6.07, 6.45) is 0. The van der Waals surface area contributed by atoms with Gasteiger partial charge in [0.1, 0.15) is 0 Å². The van der Waals surface area contributed by atoms with Gasteiger partial charge in [0.2, 0.25) is 0 Å². The lowest BCUT2D eigenvalue weighted by Gasteiger charge is -2.27. The maximum Gasteiger partial charge on any atom is 0.0623 e. The largest absolute Gasteiger partial charge is 0.311 e. The Labute approximate surface area is 397 Å². The van der Waals surface area contributed by atoms with E-state index in [1.807, 2.05) is 48.5 Å². The van der Waals surface area contributed by atoms with Gasteiger partial charge in [-0.15, -0.1) is 0 Å². The van der Waals surface area contributed by atoms with Gasteiger partial charge in [-0.05, 0) is 152 Å². The minimum Gasteiger partial charge on any atom is -0.311 e. The molecule has 10 aromatic carbocycles. The Morgan fingerprint density at radius 3 is 0.742 bits per heavy atom. The molecule has 2 nitrogen and oxygen atoms in total. The summed E-state index contributed by atoms with van der Waals surface area (Å²) in [7, 11) is 0. The van der Waals surface area contributed by atoms with Gasteiger partial charge in [-0.2, -0.15) is 0 Å². The minimum atomic E-state index is -0.513. The Hall–Kier alpha value is -8.72. The van der Waals surface area contributed by atoms with Crippen LogP contribution < -0.4 is 9.80 Å². The number of benzene rings is 10. The second kappa shape index (κ2) is 18.9. The van der Waals surface area contributed by atoms with Crippen molar-refractivity contribution in [2.24, 2.45) is 0 Å². The lowest BCUT2D eigenvalue weighted by Crippen LogP contribution is -2.10. The molecule has 10 aromatic rings. The predicted octanol–water partition coefficient (Wildman–Crippen LogP) is 18.2. The molecule has 0 saturated heterocycles. The average Bonchev–Trinajstić information content (AvgIpc) is 3.44. The molecule has 0 saturated carbocycles. The molecule has 0 aliphatic heterocycles. The van der Waals surface area contributed by atoms with Crippen LogP contribution in [0.4, 0.5) is 34.1 Å². The van der Waals surface area contributed by atoms with Crippen molar-refractivity contribution in [3.8, 4) is 55.6 Å². The first kappa shape index (κ1) is 34.7. The Morgan fingerprint density at radius 1 is 0.258 bits per heavy atom.